The molecule has 416 valence electrons. The van der Waals surface area contributed by atoms with Gasteiger partial charge in [-0.05, 0) is 147 Å². The van der Waals surface area contributed by atoms with Crippen LogP contribution in [0.5, 0.6) is 0 Å². The Kier molecular flexibility index (Phi) is 30.0. The maximum Gasteiger partial charge on any atom is 0.237 e. The maximum absolute atomic E-state index is 14.2. The average Bonchev–Trinajstić information content (AvgIpc) is 3.43. The summed E-state index contributed by atoms with van der Waals surface area (Å²) in [5, 5.41) is 16.4. The zero-order valence-electron chi connectivity index (χ0n) is 44.8. The Balaban J connectivity index is 1.37. The first-order valence-corrected chi connectivity index (χ1v) is 35.0. The highest BCUT2D eigenvalue weighted by Crippen LogP contribution is 2.31. The molecule has 4 aromatic heterocycles. The summed E-state index contributed by atoms with van der Waals surface area (Å²) in [4.78, 5) is 83.5. The molecule has 0 aliphatic carbocycles. The number of hydrogen-bond donors (Lipinski definition) is 4. The lowest BCUT2D eigenvalue weighted by molar-refractivity contribution is -0.133. The van der Waals surface area contributed by atoms with Gasteiger partial charge in [0, 0.05) is 124 Å². The van der Waals surface area contributed by atoms with Crippen LogP contribution < -0.4 is 21.3 Å². The van der Waals surface area contributed by atoms with Gasteiger partial charge in [-0.15, -0.1) is 0 Å². The van der Waals surface area contributed by atoms with Crippen LogP contribution >= 0.6 is 86.4 Å². The molecule has 0 aromatic carbocycles. The highest BCUT2D eigenvalue weighted by Gasteiger charge is 2.39. The number of carbonyl (C=O) groups excluding carboxylic acids is 4. The van der Waals surface area contributed by atoms with E-state index in [1.165, 1.54) is 0 Å². The fraction of sp³-hybridized carbons (Fsp3) is 0.538. The lowest BCUT2D eigenvalue weighted by Crippen LogP contribution is -2.64. The Morgan fingerprint density at radius 2 is 0.618 bits per heavy atom. The second-order valence-corrected chi connectivity index (χ2v) is 28.1. The highest BCUT2D eigenvalue weighted by atomic mass is 33.1. The number of nitrogens with one attached hydrogen (secondary N) is 4. The van der Waals surface area contributed by atoms with Crippen molar-refractivity contribution < 1.29 is 19.2 Å². The van der Waals surface area contributed by atoms with Crippen LogP contribution in [-0.4, -0.2) is 187 Å². The number of carbonyl (C=O) groups is 4. The van der Waals surface area contributed by atoms with Gasteiger partial charge in [0.25, 0.3) is 0 Å². The van der Waals surface area contributed by atoms with Crippen LogP contribution in [0.4, 0.5) is 0 Å². The standard InChI is InChI=1S/C52H76N12O4S8/c1-37-33-62(42(6)50(66)58-26-30-70-74-46-18-10-14-22-54-46)39(3)35-64(44(8)52(68)60-28-32-72-76-48-20-12-16-24-56-48)40(4)36-63(43(7)51(67)59-27-31-71-75-47-19-11-15-23-55-47)38(2)34-61(37)41(5)49(65)57-25-29-69-73-45-17-9-13-21-53-45/h9-24,37-44H,25-36H2,1-8H3,(H,57,65)(H,58,66)(H,59,67)(H,60,68)/t37-,38-,39-,40-,41-,42-,43-,44-/m0/s1. The molecule has 1 saturated heterocycles. The predicted molar refractivity (Wildman–Crippen MR) is 325 cm³/mol. The maximum atomic E-state index is 14.2. The van der Waals surface area contributed by atoms with Crippen LogP contribution in [-0.2, 0) is 19.2 Å². The van der Waals surface area contributed by atoms with Gasteiger partial charge in [-0.2, -0.15) is 0 Å². The first-order chi connectivity index (χ1) is 36.7. The van der Waals surface area contributed by atoms with E-state index in [4.69, 9.17) is 0 Å². The Bertz CT molecular complexity index is 1980. The van der Waals surface area contributed by atoms with Gasteiger partial charge < -0.3 is 21.3 Å². The molecule has 5 heterocycles. The van der Waals surface area contributed by atoms with Gasteiger partial charge in [0.15, 0.2) is 0 Å². The van der Waals surface area contributed by atoms with E-state index in [0.29, 0.717) is 75.4 Å². The molecule has 4 aromatic rings. The molecular weight excluding hydrogens is 1110 g/mol. The van der Waals surface area contributed by atoms with Crippen molar-refractivity contribution in [1.82, 2.24) is 60.8 Å². The van der Waals surface area contributed by atoms with Gasteiger partial charge >= 0.3 is 0 Å². The minimum atomic E-state index is -0.540. The van der Waals surface area contributed by atoms with E-state index >= 15 is 0 Å². The lowest BCUT2D eigenvalue weighted by atomic mass is 10.0. The van der Waals surface area contributed by atoms with Crippen LogP contribution in [0.3, 0.4) is 0 Å². The largest absolute Gasteiger partial charge is 0.354 e. The first kappa shape index (κ1) is 63.9. The summed E-state index contributed by atoms with van der Waals surface area (Å²) in [5.74, 6) is 2.41. The molecule has 24 heteroatoms. The third-order valence-corrected chi connectivity index (χ3v) is 21.8. The number of aromatic nitrogens is 4. The van der Waals surface area contributed by atoms with E-state index in [-0.39, 0.29) is 47.8 Å². The molecule has 0 radical (unpaired) electrons. The van der Waals surface area contributed by atoms with Crippen molar-refractivity contribution in [3.05, 3.63) is 97.6 Å². The molecular formula is C52H76N12O4S8. The number of rotatable bonds is 28. The Morgan fingerprint density at radius 3 is 0.803 bits per heavy atom. The van der Waals surface area contributed by atoms with Crippen LogP contribution in [0.2, 0.25) is 0 Å². The summed E-state index contributed by atoms with van der Waals surface area (Å²) >= 11 is 0. The molecule has 76 heavy (non-hydrogen) atoms. The minimum Gasteiger partial charge on any atom is -0.354 e. The van der Waals surface area contributed by atoms with E-state index in [1.54, 1.807) is 111 Å². The molecule has 0 saturated carbocycles. The third kappa shape index (κ3) is 22.3. The van der Waals surface area contributed by atoms with Crippen LogP contribution in [0.25, 0.3) is 0 Å². The molecule has 0 unspecified atom stereocenters. The van der Waals surface area contributed by atoms with Crippen molar-refractivity contribution >= 4 is 110 Å². The summed E-state index contributed by atoms with van der Waals surface area (Å²) in [6, 6.07) is 20.3. The van der Waals surface area contributed by atoms with Gasteiger partial charge in [0.05, 0.1) is 24.2 Å². The third-order valence-electron chi connectivity index (χ3n) is 12.7. The summed E-state index contributed by atoms with van der Waals surface area (Å²) in [7, 11) is 12.9. The molecule has 1 fully saturated rings. The zero-order valence-corrected chi connectivity index (χ0v) is 51.4. The lowest BCUT2D eigenvalue weighted by Gasteiger charge is -2.47. The van der Waals surface area contributed by atoms with Crippen molar-refractivity contribution in [2.75, 3.05) is 75.4 Å². The van der Waals surface area contributed by atoms with Gasteiger partial charge in [-0.1, -0.05) is 67.4 Å². The van der Waals surface area contributed by atoms with Crippen LogP contribution in [0.15, 0.2) is 118 Å². The number of pyridine rings is 4. The van der Waals surface area contributed by atoms with E-state index < -0.39 is 24.2 Å². The van der Waals surface area contributed by atoms with Gasteiger partial charge in [0.2, 0.25) is 23.6 Å². The molecule has 8 atom stereocenters. The average molecular weight is 1190 g/mol. The summed E-state index contributed by atoms with van der Waals surface area (Å²) in [6.07, 6.45) is 7.09. The summed E-state index contributed by atoms with van der Waals surface area (Å²) < 4.78 is 0. The molecule has 5 rings (SSSR count). The molecule has 0 spiro atoms. The smallest absolute Gasteiger partial charge is 0.237 e. The second-order valence-electron chi connectivity index (χ2n) is 18.3. The summed E-state index contributed by atoms with van der Waals surface area (Å²) in [5.41, 5.74) is 0. The molecule has 0 bridgehead atoms. The van der Waals surface area contributed by atoms with Gasteiger partial charge in [0.1, 0.15) is 20.1 Å². The predicted octanol–water partition coefficient (Wildman–Crippen LogP) is 8.12. The zero-order chi connectivity index (χ0) is 54.7. The Morgan fingerprint density at radius 1 is 0.408 bits per heavy atom. The SMILES string of the molecule is C[C@H]1CN([C@@H](C)C(=O)NCCSSc2ccccn2)[C@@H](C)CN([C@@H](C)C(=O)NCCSSc2ccccn2)[C@@H](C)CN([C@@H](C)C(=O)NCCSSc2ccccn2)[C@@H](C)CN1[C@@H](C)C(=O)NCCSSc1ccccn1. The van der Waals surface area contributed by atoms with Gasteiger partial charge in [-0.3, -0.25) is 38.8 Å². The van der Waals surface area contributed by atoms with Crippen LogP contribution in [0.1, 0.15) is 55.4 Å². The Hall–Kier alpha value is -2.88. The minimum absolute atomic E-state index is 0.0902. The Labute approximate surface area is 483 Å². The number of amides is 4. The second kappa shape index (κ2) is 35.7. The quantitative estimate of drug-likeness (QED) is 0.0316. The van der Waals surface area contributed by atoms with Crippen molar-refractivity contribution in [2.24, 2.45) is 0 Å². The molecule has 4 amide bonds. The molecule has 16 nitrogen and oxygen atoms in total. The first-order valence-electron chi connectivity index (χ1n) is 25.7. The molecule has 1 aliphatic rings. The number of nitrogens with zero attached hydrogens (tertiary/aromatic N) is 8. The normalized spacial score (nSPS) is 20.0. The fourth-order valence-corrected chi connectivity index (χ4v) is 15.7. The van der Waals surface area contributed by atoms with Crippen molar-refractivity contribution in [3.8, 4) is 0 Å². The van der Waals surface area contributed by atoms with E-state index in [2.05, 4.69) is 88.5 Å². The van der Waals surface area contributed by atoms with Crippen molar-refractivity contribution in [3.63, 3.8) is 0 Å². The highest BCUT2D eigenvalue weighted by molar-refractivity contribution is 8.77. The topological polar surface area (TPSA) is 181 Å². The van der Waals surface area contributed by atoms with E-state index in [9.17, 15) is 19.2 Å². The summed E-state index contributed by atoms with van der Waals surface area (Å²) in [6.45, 7) is 20.1. The van der Waals surface area contributed by atoms with E-state index in [0.717, 1.165) is 20.1 Å². The fourth-order valence-electron chi connectivity index (χ4n) is 8.57. The van der Waals surface area contributed by atoms with Crippen molar-refractivity contribution in [2.45, 2.75) is 124 Å². The van der Waals surface area contributed by atoms with Crippen LogP contribution in [0, 0.1) is 0 Å². The molecule has 1 aliphatic heterocycles. The van der Waals surface area contributed by atoms with Gasteiger partial charge in [-0.25, -0.2) is 19.9 Å². The van der Waals surface area contributed by atoms with Crippen molar-refractivity contribution in [1.29, 1.82) is 0 Å². The molecule has 4 N–H and O–H groups in total. The number of hydrogen-bond acceptors (Lipinski definition) is 20. The monoisotopic (exact) mass is 1190 g/mol. The van der Waals surface area contributed by atoms with E-state index in [1.807, 2.05) is 100 Å².